The van der Waals surface area contributed by atoms with Gasteiger partial charge in [0.25, 0.3) is 0 Å². The summed E-state index contributed by atoms with van der Waals surface area (Å²) in [7, 11) is -3.63. The molecule has 2 aliphatic heterocycles. The van der Waals surface area contributed by atoms with Gasteiger partial charge in [0.2, 0.25) is 15.9 Å². The average molecular weight is 587 g/mol. The zero-order valence-electron chi connectivity index (χ0n) is 21.4. The van der Waals surface area contributed by atoms with Gasteiger partial charge in [-0.25, -0.2) is 8.42 Å². The fourth-order valence-electron chi connectivity index (χ4n) is 4.49. The van der Waals surface area contributed by atoms with Crippen molar-refractivity contribution in [2.45, 2.75) is 24.7 Å². The van der Waals surface area contributed by atoms with Crippen LogP contribution in [0.15, 0.2) is 75.3 Å². The van der Waals surface area contributed by atoms with E-state index in [1.165, 1.54) is 35.5 Å². The van der Waals surface area contributed by atoms with Crippen molar-refractivity contribution < 1.29 is 22.7 Å². The Labute approximate surface area is 236 Å². The number of allylic oxidation sites excluding steroid dienone is 3. The molecule has 1 unspecified atom stereocenters. The highest BCUT2D eigenvalue weighted by atomic mass is 35.5. The molecule has 12 heteroatoms. The lowest BCUT2D eigenvalue weighted by molar-refractivity contribution is -0.114. The van der Waals surface area contributed by atoms with Crippen LogP contribution in [0, 0.1) is 11.3 Å². The molecule has 0 spiro atoms. The first-order valence-electron chi connectivity index (χ1n) is 12.1. The second-order valence-corrected chi connectivity index (χ2v) is 12.2. The summed E-state index contributed by atoms with van der Waals surface area (Å²) in [6, 6.07) is 15.3. The number of thioether (sulfide) groups is 1. The van der Waals surface area contributed by atoms with E-state index in [1.54, 1.807) is 31.2 Å². The van der Waals surface area contributed by atoms with Gasteiger partial charge in [-0.2, -0.15) is 9.57 Å². The summed E-state index contributed by atoms with van der Waals surface area (Å²) in [5.74, 6) is -1.21. The molecule has 0 radical (unpaired) electrons. The predicted octanol–water partition coefficient (Wildman–Crippen LogP) is 4.02. The topological polar surface area (TPSA) is 129 Å². The highest BCUT2D eigenvalue weighted by Gasteiger charge is 2.34. The van der Waals surface area contributed by atoms with Crippen molar-refractivity contribution >= 4 is 50.8 Å². The Hall–Kier alpha value is -3.14. The molecule has 0 saturated carbocycles. The number of ketones is 1. The Balaban J connectivity index is 1.48. The molecule has 1 atom stereocenters. The minimum Gasteiger partial charge on any atom is -0.379 e. The van der Waals surface area contributed by atoms with Crippen LogP contribution in [-0.2, 0) is 24.3 Å². The summed E-state index contributed by atoms with van der Waals surface area (Å²) in [5, 5.41) is 16.8. The molecule has 0 bridgehead atoms. The van der Waals surface area contributed by atoms with Gasteiger partial charge < -0.3 is 15.4 Å². The smallest absolute Gasteiger partial charge is 0.243 e. The van der Waals surface area contributed by atoms with Crippen molar-refractivity contribution in [3.05, 3.63) is 81.0 Å². The number of anilines is 1. The van der Waals surface area contributed by atoms with Gasteiger partial charge in [-0.3, -0.25) is 9.59 Å². The molecule has 2 heterocycles. The number of ether oxygens (including phenoxy) is 1. The summed E-state index contributed by atoms with van der Waals surface area (Å²) in [4.78, 5) is 25.4. The van der Waals surface area contributed by atoms with Gasteiger partial charge in [-0.15, -0.1) is 0 Å². The number of hydrogen-bond acceptors (Lipinski definition) is 8. The van der Waals surface area contributed by atoms with Crippen LogP contribution in [0.3, 0.4) is 0 Å². The van der Waals surface area contributed by atoms with Crippen LogP contribution in [0.2, 0.25) is 5.02 Å². The molecule has 204 valence electrons. The van der Waals surface area contributed by atoms with Crippen LogP contribution in [-0.4, -0.2) is 56.5 Å². The first kappa shape index (κ1) is 28.9. The predicted molar refractivity (Wildman–Crippen MR) is 150 cm³/mol. The van der Waals surface area contributed by atoms with Gasteiger partial charge in [0, 0.05) is 35.1 Å². The van der Waals surface area contributed by atoms with E-state index >= 15 is 0 Å². The van der Waals surface area contributed by atoms with Crippen LogP contribution in [0.5, 0.6) is 0 Å². The lowest BCUT2D eigenvalue weighted by atomic mass is 9.81. The number of benzene rings is 2. The van der Waals surface area contributed by atoms with E-state index in [0.717, 1.165) is 11.8 Å². The Bertz CT molecular complexity index is 1490. The van der Waals surface area contributed by atoms with Crippen molar-refractivity contribution in [1.82, 2.24) is 9.62 Å². The molecule has 0 aromatic heterocycles. The van der Waals surface area contributed by atoms with Gasteiger partial charge in [0.15, 0.2) is 5.78 Å². The maximum absolute atomic E-state index is 12.8. The zero-order chi connectivity index (χ0) is 28.2. The summed E-state index contributed by atoms with van der Waals surface area (Å²) in [6.07, 6.45) is 0. The summed E-state index contributed by atoms with van der Waals surface area (Å²) in [6.45, 7) is 4.51. The Morgan fingerprint density at radius 3 is 2.46 bits per heavy atom. The third-order valence-corrected chi connectivity index (χ3v) is 9.61. The van der Waals surface area contributed by atoms with Crippen LogP contribution >= 0.6 is 23.4 Å². The van der Waals surface area contributed by atoms with E-state index in [4.69, 9.17) is 16.3 Å². The second kappa shape index (κ2) is 12.4. The number of sulfonamides is 1. The zero-order valence-corrected chi connectivity index (χ0v) is 23.8. The van der Waals surface area contributed by atoms with Crippen LogP contribution < -0.4 is 10.6 Å². The number of amides is 1. The Morgan fingerprint density at radius 2 is 1.85 bits per heavy atom. The SMILES string of the molecule is CC(=O)C1=C(C)NC(SCC(=O)Nc2ccc(S(=O)(=O)N3CCOCC3)cc2)=C(C#N)C1c1ccccc1Cl. The number of morpholine rings is 1. The molecule has 1 fully saturated rings. The minimum atomic E-state index is -3.63. The van der Waals surface area contributed by atoms with E-state index in [2.05, 4.69) is 16.7 Å². The van der Waals surface area contributed by atoms with Crippen molar-refractivity contribution in [2.75, 3.05) is 37.4 Å². The van der Waals surface area contributed by atoms with Crippen molar-refractivity contribution in [2.24, 2.45) is 0 Å². The number of halogens is 1. The van der Waals surface area contributed by atoms with Crippen LogP contribution in [0.1, 0.15) is 25.3 Å². The van der Waals surface area contributed by atoms with Crippen molar-refractivity contribution in [3.8, 4) is 6.07 Å². The fraction of sp³-hybridized carbons (Fsp3) is 0.296. The summed E-state index contributed by atoms with van der Waals surface area (Å²) >= 11 is 7.58. The number of nitrogens with one attached hydrogen (secondary N) is 2. The maximum atomic E-state index is 12.8. The molecular weight excluding hydrogens is 560 g/mol. The van der Waals surface area contributed by atoms with Crippen molar-refractivity contribution in [3.63, 3.8) is 0 Å². The van der Waals surface area contributed by atoms with E-state index in [9.17, 15) is 23.3 Å². The summed E-state index contributed by atoms with van der Waals surface area (Å²) < 4.78 is 32.2. The number of rotatable bonds is 8. The number of dihydropyridines is 1. The van der Waals surface area contributed by atoms with E-state index in [0.29, 0.717) is 64.4 Å². The lowest BCUT2D eigenvalue weighted by Crippen LogP contribution is -2.40. The maximum Gasteiger partial charge on any atom is 0.243 e. The number of carbonyl (C=O) groups excluding carboxylic acids is 2. The summed E-state index contributed by atoms with van der Waals surface area (Å²) in [5.41, 5.74) is 2.41. The number of nitrogens with zero attached hydrogens (tertiary/aromatic N) is 2. The van der Waals surface area contributed by atoms with E-state index in [-0.39, 0.29) is 22.3 Å². The van der Waals surface area contributed by atoms with Gasteiger partial charge in [-0.05, 0) is 49.7 Å². The fourth-order valence-corrected chi connectivity index (χ4v) is 7.04. The number of hydrogen-bond donors (Lipinski definition) is 2. The van der Waals surface area contributed by atoms with Gasteiger partial charge >= 0.3 is 0 Å². The molecule has 2 aliphatic rings. The molecule has 2 aromatic rings. The third kappa shape index (κ3) is 6.37. The van der Waals surface area contributed by atoms with E-state index < -0.39 is 15.9 Å². The van der Waals surface area contributed by atoms with Gasteiger partial charge in [0.05, 0.1) is 46.5 Å². The second-order valence-electron chi connectivity index (χ2n) is 8.91. The minimum absolute atomic E-state index is 0.0285. The van der Waals surface area contributed by atoms with Gasteiger partial charge in [-0.1, -0.05) is 41.6 Å². The molecule has 2 N–H and O–H groups in total. The standard InChI is InChI=1S/C27H27ClN4O5S2/c1-17-25(18(2)33)26(21-5-3-4-6-23(21)28)22(15-29)27(30-17)38-16-24(34)31-19-7-9-20(10-8-19)39(35,36)32-11-13-37-14-12-32/h3-10,26,30H,11-14,16H2,1-2H3,(H,31,34). The number of nitriles is 1. The highest BCUT2D eigenvalue weighted by Crippen LogP contribution is 2.43. The monoisotopic (exact) mass is 586 g/mol. The highest BCUT2D eigenvalue weighted by molar-refractivity contribution is 8.03. The normalized spacial score (nSPS) is 18.4. The Morgan fingerprint density at radius 1 is 1.18 bits per heavy atom. The molecule has 4 rings (SSSR count). The van der Waals surface area contributed by atoms with Crippen LogP contribution in [0.25, 0.3) is 0 Å². The third-order valence-electron chi connectivity index (χ3n) is 6.34. The van der Waals surface area contributed by atoms with E-state index in [1.807, 2.05) is 0 Å². The number of carbonyl (C=O) groups is 2. The first-order valence-corrected chi connectivity index (χ1v) is 14.9. The average Bonchev–Trinajstić information content (AvgIpc) is 2.92. The largest absolute Gasteiger partial charge is 0.379 e. The van der Waals surface area contributed by atoms with Crippen LogP contribution in [0.4, 0.5) is 5.69 Å². The molecule has 1 amide bonds. The molecule has 39 heavy (non-hydrogen) atoms. The first-order chi connectivity index (χ1) is 18.6. The molecule has 1 saturated heterocycles. The molecule has 9 nitrogen and oxygen atoms in total. The molecule has 2 aromatic carbocycles. The Kier molecular flexibility index (Phi) is 9.15. The van der Waals surface area contributed by atoms with Crippen molar-refractivity contribution in [1.29, 1.82) is 5.26 Å². The lowest BCUT2D eigenvalue weighted by Gasteiger charge is -2.29. The van der Waals surface area contributed by atoms with Gasteiger partial charge in [0.1, 0.15) is 0 Å². The molecule has 0 aliphatic carbocycles. The quantitative estimate of drug-likeness (QED) is 0.475. The molecular formula is C27H27ClN4O5S2. The number of Topliss-reactive ketones (excluding diaryl/α,β-unsaturated/α-hetero) is 1.